The molecule has 0 aliphatic carbocycles. The van der Waals surface area contributed by atoms with Gasteiger partial charge in [0.05, 0.1) is 12.6 Å². The summed E-state index contributed by atoms with van der Waals surface area (Å²) in [6, 6.07) is 15.2. The third-order valence-corrected chi connectivity index (χ3v) is 4.66. The highest BCUT2D eigenvalue weighted by Crippen LogP contribution is 2.33. The van der Waals surface area contributed by atoms with Gasteiger partial charge in [0.1, 0.15) is 5.69 Å². The lowest BCUT2D eigenvalue weighted by Gasteiger charge is -2.37. The Hall–Kier alpha value is -3.02. The van der Waals surface area contributed by atoms with Gasteiger partial charge in [-0.1, -0.05) is 50.2 Å². The average Bonchev–Trinajstić information content (AvgIpc) is 3.12. The smallest absolute Gasteiger partial charge is 0.273 e. The number of fused-ring (bicyclic) bond motifs is 1. The normalized spacial score (nSPS) is 16.6. The molecule has 0 saturated carbocycles. The van der Waals surface area contributed by atoms with Gasteiger partial charge in [0.25, 0.3) is 5.91 Å². The Labute approximate surface area is 152 Å². The van der Waals surface area contributed by atoms with Gasteiger partial charge in [0.15, 0.2) is 11.6 Å². The summed E-state index contributed by atoms with van der Waals surface area (Å²) in [7, 11) is 0. The lowest BCUT2D eigenvalue weighted by molar-refractivity contribution is 0.0531. The molecule has 0 saturated heterocycles. The first-order chi connectivity index (χ1) is 12.6. The molecular formula is C20H21N5O. The second-order valence-corrected chi connectivity index (χ2v) is 6.79. The zero-order valence-corrected chi connectivity index (χ0v) is 14.9. The number of carbonyl (C=O) groups is 1. The van der Waals surface area contributed by atoms with Crippen molar-refractivity contribution in [2.75, 3.05) is 6.54 Å². The third kappa shape index (κ3) is 2.87. The summed E-state index contributed by atoms with van der Waals surface area (Å²) in [5.74, 6) is 1.71. The Morgan fingerprint density at radius 1 is 1.08 bits per heavy atom. The lowest BCUT2D eigenvalue weighted by Crippen LogP contribution is -2.44. The van der Waals surface area contributed by atoms with E-state index in [2.05, 4.69) is 23.9 Å². The van der Waals surface area contributed by atoms with Crippen molar-refractivity contribution >= 4 is 5.91 Å². The maximum atomic E-state index is 13.0. The highest BCUT2D eigenvalue weighted by molar-refractivity contribution is 5.92. The second kappa shape index (κ2) is 6.71. The predicted molar refractivity (Wildman–Crippen MR) is 98.3 cm³/mol. The minimum Gasteiger partial charge on any atom is -0.325 e. The molecular weight excluding hydrogens is 326 g/mol. The zero-order valence-electron chi connectivity index (χ0n) is 14.9. The summed E-state index contributed by atoms with van der Waals surface area (Å²) in [5.41, 5.74) is 1.45. The van der Waals surface area contributed by atoms with E-state index < -0.39 is 0 Å². The molecule has 26 heavy (non-hydrogen) atoms. The Morgan fingerprint density at radius 3 is 2.54 bits per heavy atom. The van der Waals surface area contributed by atoms with E-state index in [9.17, 15) is 4.79 Å². The molecule has 3 aromatic rings. The number of pyridine rings is 1. The summed E-state index contributed by atoms with van der Waals surface area (Å²) >= 11 is 0. The first-order valence-electron chi connectivity index (χ1n) is 8.87. The van der Waals surface area contributed by atoms with E-state index in [0.29, 0.717) is 24.6 Å². The van der Waals surface area contributed by atoms with E-state index in [4.69, 9.17) is 4.98 Å². The minimum absolute atomic E-state index is 0.0557. The topological polar surface area (TPSA) is 63.9 Å². The van der Waals surface area contributed by atoms with Crippen LogP contribution in [0.4, 0.5) is 0 Å². The number of carbonyl (C=O) groups excluding carboxylic acids is 1. The summed E-state index contributed by atoms with van der Waals surface area (Å²) in [5, 5.41) is 4.67. The Morgan fingerprint density at radius 2 is 1.85 bits per heavy atom. The van der Waals surface area contributed by atoms with Crippen molar-refractivity contribution in [3.8, 4) is 11.4 Å². The van der Waals surface area contributed by atoms with Crippen LogP contribution < -0.4 is 0 Å². The molecule has 6 nitrogen and oxygen atoms in total. The standard InChI is InChI=1S/C20H21N5O/c1-14(2)17-19-22-18(15-8-4-3-5-9-15)23-25(19)13-12-24(17)20(26)16-10-6-7-11-21-16/h3-11,14,17H,12-13H2,1-2H3/t17-/m0/s1. The molecule has 4 rings (SSSR count). The van der Waals surface area contributed by atoms with Gasteiger partial charge in [-0.2, -0.15) is 5.10 Å². The van der Waals surface area contributed by atoms with E-state index in [1.807, 2.05) is 52.0 Å². The average molecular weight is 347 g/mol. The molecule has 0 unspecified atom stereocenters. The first-order valence-corrected chi connectivity index (χ1v) is 8.87. The molecule has 1 atom stereocenters. The van der Waals surface area contributed by atoms with E-state index >= 15 is 0 Å². The van der Waals surface area contributed by atoms with Gasteiger partial charge in [-0.25, -0.2) is 9.67 Å². The van der Waals surface area contributed by atoms with Crippen molar-refractivity contribution in [1.82, 2.24) is 24.6 Å². The van der Waals surface area contributed by atoms with Crippen LogP contribution in [0.3, 0.4) is 0 Å². The van der Waals surface area contributed by atoms with E-state index in [0.717, 1.165) is 11.4 Å². The maximum absolute atomic E-state index is 13.0. The van der Waals surface area contributed by atoms with Crippen LogP contribution in [0, 0.1) is 5.92 Å². The van der Waals surface area contributed by atoms with Crippen molar-refractivity contribution in [3.05, 3.63) is 66.2 Å². The van der Waals surface area contributed by atoms with Crippen LogP contribution in [0.2, 0.25) is 0 Å². The van der Waals surface area contributed by atoms with Crippen LogP contribution in [0.5, 0.6) is 0 Å². The van der Waals surface area contributed by atoms with Crippen LogP contribution in [-0.2, 0) is 6.54 Å². The molecule has 0 fully saturated rings. The van der Waals surface area contributed by atoms with Crippen LogP contribution in [0.15, 0.2) is 54.7 Å². The largest absolute Gasteiger partial charge is 0.325 e. The molecule has 3 heterocycles. The molecule has 1 amide bonds. The van der Waals surface area contributed by atoms with Crippen molar-refractivity contribution in [2.45, 2.75) is 26.4 Å². The summed E-state index contributed by atoms with van der Waals surface area (Å²) in [6.45, 7) is 5.45. The zero-order chi connectivity index (χ0) is 18.1. The molecule has 1 aromatic carbocycles. The molecule has 6 heteroatoms. The van der Waals surface area contributed by atoms with E-state index in [1.165, 1.54) is 0 Å². The Kier molecular flexibility index (Phi) is 4.24. The van der Waals surface area contributed by atoms with E-state index in [-0.39, 0.29) is 17.9 Å². The molecule has 132 valence electrons. The highest BCUT2D eigenvalue weighted by Gasteiger charge is 2.36. The fourth-order valence-corrected chi connectivity index (χ4v) is 3.45. The van der Waals surface area contributed by atoms with Gasteiger partial charge in [-0.05, 0) is 18.1 Å². The summed E-state index contributed by atoms with van der Waals surface area (Å²) in [6.07, 6.45) is 1.65. The molecule has 0 radical (unpaired) electrons. The molecule has 0 N–H and O–H groups in total. The fourth-order valence-electron chi connectivity index (χ4n) is 3.45. The van der Waals surface area contributed by atoms with Crippen molar-refractivity contribution in [3.63, 3.8) is 0 Å². The first kappa shape index (κ1) is 16.4. The number of rotatable bonds is 3. The molecule has 1 aliphatic heterocycles. The summed E-state index contributed by atoms with van der Waals surface area (Å²) < 4.78 is 1.94. The molecule has 2 aromatic heterocycles. The van der Waals surface area contributed by atoms with Crippen LogP contribution in [0.25, 0.3) is 11.4 Å². The van der Waals surface area contributed by atoms with Crippen LogP contribution in [-0.4, -0.2) is 37.1 Å². The van der Waals surface area contributed by atoms with Gasteiger partial charge in [-0.15, -0.1) is 0 Å². The van der Waals surface area contributed by atoms with Gasteiger partial charge >= 0.3 is 0 Å². The predicted octanol–water partition coefficient (Wildman–Crippen LogP) is 3.19. The molecule has 0 spiro atoms. The number of nitrogens with zero attached hydrogens (tertiary/aromatic N) is 5. The number of amides is 1. The molecule has 0 bridgehead atoms. The van der Waals surface area contributed by atoms with Gasteiger partial charge in [0, 0.05) is 18.3 Å². The van der Waals surface area contributed by atoms with E-state index in [1.54, 1.807) is 12.3 Å². The number of aromatic nitrogens is 4. The summed E-state index contributed by atoms with van der Waals surface area (Å²) in [4.78, 5) is 23.9. The number of benzene rings is 1. The fraction of sp³-hybridized carbons (Fsp3) is 0.300. The number of hydrogen-bond acceptors (Lipinski definition) is 4. The number of hydrogen-bond donors (Lipinski definition) is 0. The Bertz CT molecular complexity index is 904. The van der Waals surface area contributed by atoms with Crippen molar-refractivity contribution in [2.24, 2.45) is 5.92 Å². The third-order valence-electron chi connectivity index (χ3n) is 4.66. The minimum atomic E-state index is -0.122. The quantitative estimate of drug-likeness (QED) is 0.730. The monoisotopic (exact) mass is 347 g/mol. The Balaban J connectivity index is 1.72. The van der Waals surface area contributed by atoms with Crippen LogP contribution >= 0.6 is 0 Å². The highest BCUT2D eigenvalue weighted by atomic mass is 16.2. The van der Waals surface area contributed by atoms with Gasteiger partial charge in [0.2, 0.25) is 0 Å². The molecule has 1 aliphatic rings. The second-order valence-electron chi connectivity index (χ2n) is 6.79. The lowest BCUT2D eigenvalue weighted by atomic mass is 9.99. The van der Waals surface area contributed by atoms with Crippen LogP contribution in [0.1, 0.15) is 36.2 Å². The SMILES string of the molecule is CC(C)[C@H]1c2nc(-c3ccccc3)nn2CCN1C(=O)c1ccccn1. The van der Waals surface area contributed by atoms with Gasteiger partial charge in [-0.3, -0.25) is 9.78 Å². The maximum Gasteiger partial charge on any atom is 0.273 e. The van der Waals surface area contributed by atoms with Crippen molar-refractivity contribution in [1.29, 1.82) is 0 Å². The van der Waals surface area contributed by atoms with Crippen molar-refractivity contribution < 1.29 is 4.79 Å². The van der Waals surface area contributed by atoms with Gasteiger partial charge < -0.3 is 4.90 Å².